The molecule has 176 valence electrons. The Balaban J connectivity index is 1.42. The lowest BCUT2D eigenvalue weighted by Gasteiger charge is -2.27. The molecule has 2 N–H and O–H groups in total. The molecule has 34 heavy (non-hydrogen) atoms. The fourth-order valence-corrected chi connectivity index (χ4v) is 3.67. The van der Waals surface area contributed by atoms with Gasteiger partial charge in [-0.1, -0.05) is 0 Å². The predicted molar refractivity (Wildman–Crippen MR) is 109 cm³/mol. The number of hydrogen-bond donors (Lipinski definition) is 2. The van der Waals surface area contributed by atoms with Gasteiger partial charge in [0.15, 0.2) is 6.61 Å². The van der Waals surface area contributed by atoms with Crippen LogP contribution in [0.4, 0.5) is 18.9 Å². The van der Waals surface area contributed by atoms with E-state index in [-0.39, 0.29) is 35.4 Å². The minimum atomic E-state index is -3.06. The Morgan fingerprint density at radius 3 is 2.53 bits per heavy atom. The first kappa shape index (κ1) is 23.0. The fourth-order valence-electron chi connectivity index (χ4n) is 3.67. The van der Waals surface area contributed by atoms with Crippen molar-refractivity contribution < 1.29 is 41.9 Å². The first-order valence-corrected chi connectivity index (χ1v) is 10.0. The molecular weight excluding hydrogens is 459 g/mol. The summed E-state index contributed by atoms with van der Waals surface area (Å²) in [5, 5.41) is 4.39. The number of amides is 5. The number of piperidine rings is 1. The highest BCUT2D eigenvalue weighted by atomic mass is 19.3. The van der Waals surface area contributed by atoms with Crippen LogP contribution in [0.15, 0.2) is 36.4 Å². The average Bonchev–Trinajstić information content (AvgIpc) is 3.03. The molecule has 1 saturated heterocycles. The second-order valence-electron chi connectivity index (χ2n) is 7.53. The minimum absolute atomic E-state index is 0.0102. The summed E-state index contributed by atoms with van der Waals surface area (Å²) in [5.74, 6) is -4.44. The number of hydrogen-bond acceptors (Lipinski definition) is 6. The van der Waals surface area contributed by atoms with Gasteiger partial charge in [0.1, 0.15) is 17.6 Å². The van der Waals surface area contributed by atoms with Crippen molar-refractivity contribution in [3.8, 4) is 5.75 Å². The third-order valence-corrected chi connectivity index (χ3v) is 5.30. The average molecular weight is 475 g/mol. The molecule has 1 atom stereocenters. The van der Waals surface area contributed by atoms with Gasteiger partial charge in [-0.2, -0.15) is 0 Å². The number of alkyl halides is 2. The topological polar surface area (TPSA) is 122 Å². The third kappa shape index (κ3) is 4.34. The highest BCUT2D eigenvalue weighted by Crippen LogP contribution is 2.30. The molecule has 0 bridgehead atoms. The number of ether oxygens (including phenoxy) is 1. The van der Waals surface area contributed by atoms with Crippen LogP contribution in [0.3, 0.4) is 0 Å². The molecule has 9 nitrogen and oxygen atoms in total. The van der Waals surface area contributed by atoms with Crippen molar-refractivity contribution in [2.24, 2.45) is 0 Å². The van der Waals surface area contributed by atoms with E-state index >= 15 is 0 Å². The van der Waals surface area contributed by atoms with Gasteiger partial charge in [-0.3, -0.25) is 34.2 Å². The van der Waals surface area contributed by atoms with Crippen molar-refractivity contribution in [3.05, 3.63) is 58.9 Å². The highest BCUT2D eigenvalue weighted by Gasteiger charge is 2.44. The SMILES string of the molecule is O=C1CCC(N2C(=O)c3ccc(OCC(=O)Nc4ccc(F)c(C(F)F)c4)cc3C2=O)C(=O)N1. The van der Waals surface area contributed by atoms with Crippen molar-refractivity contribution in [1.82, 2.24) is 10.2 Å². The summed E-state index contributed by atoms with van der Waals surface area (Å²) < 4.78 is 44.3. The molecule has 2 aliphatic rings. The summed E-state index contributed by atoms with van der Waals surface area (Å²) in [4.78, 5) is 61.8. The molecule has 5 amide bonds. The molecule has 1 fully saturated rings. The maximum absolute atomic E-state index is 13.4. The van der Waals surface area contributed by atoms with Crippen LogP contribution in [-0.4, -0.2) is 47.1 Å². The minimum Gasteiger partial charge on any atom is -0.484 e. The van der Waals surface area contributed by atoms with Gasteiger partial charge in [0, 0.05) is 12.1 Å². The van der Waals surface area contributed by atoms with Gasteiger partial charge in [-0.25, -0.2) is 13.2 Å². The maximum Gasteiger partial charge on any atom is 0.266 e. The first-order chi connectivity index (χ1) is 16.2. The maximum atomic E-state index is 13.4. The van der Waals surface area contributed by atoms with E-state index in [0.717, 1.165) is 23.1 Å². The molecule has 2 aliphatic heterocycles. The number of imide groups is 2. The standard InChI is InChI=1S/C22H16F3N3O6/c23-15-4-1-10(7-14(15)19(24)25)26-18(30)9-34-11-2-3-12-13(8-11)22(33)28(21(12)32)16-5-6-17(29)27-20(16)31/h1-4,7-8,16,19H,5-6,9H2,(H,26,30)(H,27,29,31). The van der Waals surface area contributed by atoms with Gasteiger partial charge in [-0.05, 0) is 42.8 Å². The molecule has 0 aromatic heterocycles. The zero-order valence-electron chi connectivity index (χ0n) is 17.3. The van der Waals surface area contributed by atoms with Crippen LogP contribution in [0.25, 0.3) is 0 Å². The number of nitrogens with zero attached hydrogens (tertiary/aromatic N) is 1. The molecule has 2 aromatic carbocycles. The van der Waals surface area contributed by atoms with Crippen LogP contribution in [0.2, 0.25) is 0 Å². The molecule has 0 saturated carbocycles. The van der Waals surface area contributed by atoms with E-state index in [4.69, 9.17) is 4.74 Å². The van der Waals surface area contributed by atoms with Crippen LogP contribution in [0, 0.1) is 5.82 Å². The lowest BCUT2D eigenvalue weighted by molar-refractivity contribution is -0.136. The monoisotopic (exact) mass is 475 g/mol. The molecule has 0 spiro atoms. The van der Waals surface area contributed by atoms with Crippen molar-refractivity contribution in [2.45, 2.75) is 25.3 Å². The van der Waals surface area contributed by atoms with E-state index in [9.17, 15) is 37.1 Å². The van der Waals surface area contributed by atoms with E-state index in [1.807, 2.05) is 0 Å². The Hall–Kier alpha value is -4.22. The van der Waals surface area contributed by atoms with E-state index in [0.29, 0.717) is 0 Å². The summed E-state index contributed by atoms with van der Waals surface area (Å²) in [6.07, 6.45) is -3.06. The fraction of sp³-hybridized carbons (Fsp3) is 0.227. The number of rotatable bonds is 6. The van der Waals surface area contributed by atoms with Crippen molar-refractivity contribution in [2.75, 3.05) is 11.9 Å². The van der Waals surface area contributed by atoms with E-state index in [1.165, 1.54) is 18.2 Å². The van der Waals surface area contributed by atoms with E-state index in [2.05, 4.69) is 10.6 Å². The van der Waals surface area contributed by atoms with Gasteiger partial charge in [-0.15, -0.1) is 0 Å². The van der Waals surface area contributed by atoms with Gasteiger partial charge in [0.25, 0.3) is 24.1 Å². The Kier molecular flexibility index (Phi) is 6.05. The molecule has 0 radical (unpaired) electrons. The molecule has 12 heteroatoms. The van der Waals surface area contributed by atoms with Gasteiger partial charge in [0.2, 0.25) is 11.8 Å². The number of carbonyl (C=O) groups is 5. The largest absolute Gasteiger partial charge is 0.484 e. The zero-order valence-corrected chi connectivity index (χ0v) is 17.3. The Labute approximate surface area is 189 Å². The van der Waals surface area contributed by atoms with Crippen molar-refractivity contribution in [1.29, 1.82) is 0 Å². The van der Waals surface area contributed by atoms with Crippen molar-refractivity contribution >= 4 is 35.2 Å². The smallest absolute Gasteiger partial charge is 0.266 e. The number of carbonyl (C=O) groups excluding carboxylic acids is 5. The van der Waals surface area contributed by atoms with E-state index < -0.39 is 60.0 Å². The predicted octanol–water partition coefficient (Wildman–Crippen LogP) is 2.18. The zero-order chi connectivity index (χ0) is 24.6. The lowest BCUT2D eigenvalue weighted by atomic mass is 10.0. The number of anilines is 1. The first-order valence-electron chi connectivity index (χ1n) is 10.0. The van der Waals surface area contributed by atoms with Crippen LogP contribution >= 0.6 is 0 Å². The third-order valence-electron chi connectivity index (χ3n) is 5.30. The van der Waals surface area contributed by atoms with Gasteiger partial charge < -0.3 is 10.1 Å². The Morgan fingerprint density at radius 1 is 1.09 bits per heavy atom. The van der Waals surface area contributed by atoms with Crippen molar-refractivity contribution in [3.63, 3.8) is 0 Å². The molecule has 2 heterocycles. The number of halogens is 3. The molecule has 0 aliphatic carbocycles. The van der Waals surface area contributed by atoms with Crippen LogP contribution in [0.1, 0.15) is 45.5 Å². The summed E-state index contributed by atoms with van der Waals surface area (Å²) in [7, 11) is 0. The Bertz CT molecular complexity index is 1230. The number of fused-ring (bicyclic) bond motifs is 1. The quantitative estimate of drug-likeness (QED) is 0.618. The van der Waals surface area contributed by atoms with Crippen LogP contribution < -0.4 is 15.4 Å². The van der Waals surface area contributed by atoms with Gasteiger partial charge in [0.05, 0.1) is 16.7 Å². The molecule has 1 unspecified atom stereocenters. The highest BCUT2D eigenvalue weighted by molar-refractivity contribution is 6.23. The summed E-state index contributed by atoms with van der Waals surface area (Å²) in [5.41, 5.74) is -0.911. The normalized spacial score (nSPS) is 17.6. The van der Waals surface area contributed by atoms with Crippen LogP contribution in [-0.2, 0) is 14.4 Å². The van der Waals surface area contributed by atoms with E-state index in [1.54, 1.807) is 0 Å². The molecule has 2 aromatic rings. The summed E-state index contributed by atoms with van der Waals surface area (Å²) in [6, 6.07) is 5.50. The van der Waals surface area contributed by atoms with Crippen LogP contribution in [0.5, 0.6) is 5.75 Å². The second kappa shape index (κ2) is 8.96. The summed E-state index contributed by atoms with van der Waals surface area (Å²) >= 11 is 0. The number of nitrogens with one attached hydrogen (secondary N) is 2. The number of benzene rings is 2. The Morgan fingerprint density at radius 2 is 1.82 bits per heavy atom. The van der Waals surface area contributed by atoms with Gasteiger partial charge >= 0.3 is 0 Å². The molecular formula is C22H16F3N3O6. The lowest BCUT2D eigenvalue weighted by Crippen LogP contribution is -2.54. The summed E-state index contributed by atoms with van der Waals surface area (Å²) in [6.45, 7) is -0.570. The second-order valence-corrected chi connectivity index (χ2v) is 7.53. The molecule has 4 rings (SSSR count).